The average Bonchev–Trinajstić information content (AvgIpc) is 3.64. The second-order valence-corrected chi connectivity index (χ2v) is 9.08. The molecule has 0 spiro atoms. The van der Waals surface area contributed by atoms with Crippen molar-refractivity contribution in [3.63, 3.8) is 0 Å². The van der Waals surface area contributed by atoms with E-state index in [1.807, 2.05) is 24.3 Å². The first-order valence-corrected chi connectivity index (χ1v) is 11.6. The number of hydrogen-bond donors (Lipinski definition) is 2. The molecule has 0 heterocycles. The number of ether oxygens (including phenoxy) is 1. The monoisotopic (exact) mass is 470 g/mol. The molecular weight excluding hydrogens is 444 g/mol. The molecule has 0 saturated heterocycles. The molecule has 2 aliphatic carbocycles. The molecule has 3 aromatic carbocycles. The van der Waals surface area contributed by atoms with Gasteiger partial charge < -0.3 is 20.1 Å². The van der Waals surface area contributed by atoms with Crippen LogP contribution in [-0.2, 0) is 16.1 Å². The molecule has 0 aromatic heterocycles. The van der Waals surface area contributed by atoms with E-state index in [1.54, 1.807) is 24.3 Å². The van der Waals surface area contributed by atoms with E-state index in [9.17, 15) is 19.5 Å². The van der Waals surface area contributed by atoms with Crippen molar-refractivity contribution in [1.29, 1.82) is 0 Å². The van der Waals surface area contributed by atoms with E-state index >= 15 is 0 Å². The average molecular weight is 471 g/mol. The third kappa shape index (κ3) is 4.14. The Bertz CT molecular complexity index is 1250. The molecule has 2 aliphatic rings. The molecule has 3 aromatic rings. The van der Waals surface area contributed by atoms with Crippen molar-refractivity contribution in [2.24, 2.45) is 0 Å². The van der Waals surface area contributed by atoms with Crippen molar-refractivity contribution in [2.45, 2.75) is 30.8 Å². The highest BCUT2D eigenvalue weighted by Crippen LogP contribution is 2.44. The molecule has 0 radical (unpaired) electrons. The van der Waals surface area contributed by atoms with E-state index in [1.165, 1.54) is 23.1 Å². The number of carboxylic acids is 1. The molecule has 0 unspecified atom stereocenters. The van der Waals surface area contributed by atoms with Crippen LogP contribution in [0.4, 0.5) is 4.79 Å². The lowest BCUT2D eigenvalue weighted by molar-refractivity contribution is -0.143. The zero-order valence-electron chi connectivity index (χ0n) is 19.4. The Hall–Kier alpha value is -4.13. The van der Waals surface area contributed by atoms with Crippen molar-refractivity contribution in [1.82, 2.24) is 10.2 Å². The quantitative estimate of drug-likeness (QED) is 0.533. The number of carboxylic acid groups (broad SMARTS) is 1. The lowest BCUT2D eigenvalue weighted by atomic mass is 9.98. The third-order valence-electron chi connectivity index (χ3n) is 7.05. The lowest BCUT2D eigenvalue weighted by Crippen LogP contribution is -2.44. The third-order valence-corrected chi connectivity index (χ3v) is 7.05. The maximum Gasteiger partial charge on any atom is 0.407 e. The molecule has 1 saturated carbocycles. The number of likely N-dealkylation sites (N-methyl/N-ethyl adjacent to an activating group) is 1. The molecule has 1 fully saturated rings. The minimum Gasteiger partial charge on any atom is -0.479 e. The van der Waals surface area contributed by atoms with Gasteiger partial charge in [-0.1, -0.05) is 60.7 Å². The number of alkyl carbamates (subject to hydrolysis) is 1. The fraction of sp³-hybridized carbons (Fsp3) is 0.250. The maximum absolute atomic E-state index is 12.7. The number of aliphatic carboxylic acids is 1. The van der Waals surface area contributed by atoms with Gasteiger partial charge >= 0.3 is 12.1 Å². The van der Waals surface area contributed by atoms with Crippen LogP contribution in [-0.4, -0.2) is 47.2 Å². The van der Waals surface area contributed by atoms with Gasteiger partial charge in [-0.25, -0.2) is 9.59 Å². The summed E-state index contributed by atoms with van der Waals surface area (Å²) >= 11 is 0. The fourth-order valence-corrected chi connectivity index (χ4v) is 4.79. The van der Waals surface area contributed by atoms with Gasteiger partial charge in [0, 0.05) is 25.1 Å². The predicted octanol–water partition coefficient (Wildman–Crippen LogP) is 4.41. The summed E-state index contributed by atoms with van der Waals surface area (Å²) in [4.78, 5) is 37.8. The second kappa shape index (κ2) is 8.91. The van der Waals surface area contributed by atoms with E-state index in [0.717, 1.165) is 16.7 Å². The summed E-state index contributed by atoms with van der Waals surface area (Å²) in [6.07, 6.45) is 0.420. The number of amides is 2. The number of hydrogen-bond acceptors (Lipinski definition) is 4. The zero-order chi connectivity index (χ0) is 24.6. The lowest BCUT2D eigenvalue weighted by Gasteiger charge is -2.24. The molecule has 7 heteroatoms. The van der Waals surface area contributed by atoms with Crippen LogP contribution in [0.25, 0.3) is 11.1 Å². The van der Waals surface area contributed by atoms with Crippen LogP contribution in [0.1, 0.15) is 45.8 Å². The Morgan fingerprint density at radius 3 is 2.06 bits per heavy atom. The van der Waals surface area contributed by atoms with Gasteiger partial charge in [0.1, 0.15) is 12.1 Å². The highest BCUT2D eigenvalue weighted by atomic mass is 16.5. The van der Waals surface area contributed by atoms with Crippen molar-refractivity contribution in [3.8, 4) is 11.1 Å². The Balaban J connectivity index is 1.16. The summed E-state index contributed by atoms with van der Waals surface area (Å²) in [5.41, 5.74) is 4.79. The summed E-state index contributed by atoms with van der Waals surface area (Å²) in [6.45, 7) is 0.491. The van der Waals surface area contributed by atoms with Crippen LogP contribution < -0.4 is 5.32 Å². The van der Waals surface area contributed by atoms with Gasteiger partial charge in [0.25, 0.3) is 5.91 Å². The van der Waals surface area contributed by atoms with Crippen LogP contribution in [0.3, 0.4) is 0 Å². The number of nitrogens with one attached hydrogen (secondary N) is 1. The van der Waals surface area contributed by atoms with Crippen molar-refractivity contribution in [2.75, 3.05) is 13.7 Å². The molecule has 2 amide bonds. The van der Waals surface area contributed by atoms with Crippen LogP contribution >= 0.6 is 0 Å². The Morgan fingerprint density at radius 1 is 0.943 bits per heavy atom. The normalized spacial score (nSPS) is 15.0. The molecule has 7 nitrogen and oxygen atoms in total. The summed E-state index contributed by atoms with van der Waals surface area (Å²) in [6, 6.07) is 23.1. The van der Waals surface area contributed by atoms with E-state index < -0.39 is 17.6 Å². The Morgan fingerprint density at radius 2 is 1.51 bits per heavy atom. The van der Waals surface area contributed by atoms with Gasteiger partial charge in [-0.3, -0.25) is 4.79 Å². The van der Waals surface area contributed by atoms with E-state index in [-0.39, 0.29) is 25.0 Å². The SMILES string of the molecule is CN(C(=O)c1ccc(CNC(=O)OCC2c3ccccc3-c3ccccc32)cc1)C1(C(=O)O)CC1. The highest BCUT2D eigenvalue weighted by Gasteiger charge is 2.55. The molecule has 0 aliphatic heterocycles. The topological polar surface area (TPSA) is 95.9 Å². The van der Waals surface area contributed by atoms with E-state index in [2.05, 4.69) is 29.6 Å². The fourth-order valence-electron chi connectivity index (χ4n) is 4.79. The first kappa shape index (κ1) is 22.7. The van der Waals surface area contributed by atoms with Crippen molar-refractivity contribution >= 4 is 18.0 Å². The zero-order valence-corrected chi connectivity index (χ0v) is 19.4. The molecular formula is C28H26N2O5. The number of nitrogens with zero attached hydrogens (tertiary/aromatic N) is 1. The standard InChI is InChI=1S/C28H26N2O5/c1-30(28(14-15-28)26(32)33)25(31)19-12-10-18(11-13-19)16-29-27(34)35-17-24-22-8-4-2-6-20(22)21-7-3-5-9-23(21)24/h2-13,24H,14-17H2,1H3,(H,29,34)(H,32,33). The number of benzene rings is 3. The summed E-state index contributed by atoms with van der Waals surface area (Å²) in [5, 5.41) is 12.2. The number of fused-ring (bicyclic) bond motifs is 3. The second-order valence-electron chi connectivity index (χ2n) is 9.08. The van der Waals surface area contributed by atoms with Crippen LogP contribution in [0.2, 0.25) is 0 Å². The van der Waals surface area contributed by atoms with Gasteiger partial charge in [0.2, 0.25) is 0 Å². The molecule has 5 rings (SSSR count). The minimum absolute atomic E-state index is 0.00370. The van der Waals surface area contributed by atoms with Crippen molar-refractivity contribution < 1.29 is 24.2 Å². The highest BCUT2D eigenvalue weighted by molar-refractivity contribution is 5.98. The molecule has 2 N–H and O–H groups in total. The first-order valence-electron chi connectivity index (χ1n) is 11.6. The van der Waals surface area contributed by atoms with Crippen LogP contribution in [0.5, 0.6) is 0 Å². The van der Waals surface area contributed by atoms with Gasteiger partial charge in [-0.2, -0.15) is 0 Å². The minimum atomic E-state index is -1.08. The van der Waals surface area contributed by atoms with Gasteiger partial charge in [-0.15, -0.1) is 0 Å². The summed E-state index contributed by atoms with van der Waals surface area (Å²) in [5.74, 6) is -1.31. The summed E-state index contributed by atoms with van der Waals surface area (Å²) < 4.78 is 5.56. The number of carbonyl (C=O) groups excluding carboxylic acids is 2. The van der Waals surface area contributed by atoms with Crippen LogP contribution in [0.15, 0.2) is 72.8 Å². The largest absolute Gasteiger partial charge is 0.479 e. The number of rotatable bonds is 7. The summed E-state index contributed by atoms with van der Waals surface area (Å²) in [7, 11) is 1.52. The van der Waals surface area contributed by atoms with E-state index in [4.69, 9.17) is 4.74 Å². The van der Waals surface area contributed by atoms with E-state index in [0.29, 0.717) is 18.4 Å². The predicted molar refractivity (Wildman–Crippen MR) is 130 cm³/mol. The van der Waals surface area contributed by atoms with Gasteiger partial charge in [0.15, 0.2) is 0 Å². The molecule has 0 bridgehead atoms. The van der Waals surface area contributed by atoms with Crippen LogP contribution in [0, 0.1) is 0 Å². The number of carbonyl (C=O) groups is 3. The van der Waals surface area contributed by atoms with Gasteiger partial charge in [-0.05, 0) is 52.8 Å². The molecule has 35 heavy (non-hydrogen) atoms. The Labute approximate surface area is 203 Å². The molecule has 178 valence electrons. The van der Waals surface area contributed by atoms with Gasteiger partial charge in [0.05, 0.1) is 0 Å². The maximum atomic E-state index is 12.7. The smallest absolute Gasteiger partial charge is 0.407 e. The Kier molecular flexibility index (Phi) is 5.76. The first-order chi connectivity index (χ1) is 16.9. The van der Waals surface area contributed by atoms with Crippen molar-refractivity contribution in [3.05, 3.63) is 95.1 Å². The molecule has 0 atom stereocenters.